The summed E-state index contributed by atoms with van der Waals surface area (Å²) < 4.78 is 114. The van der Waals surface area contributed by atoms with Crippen LogP contribution in [0.25, 0.3) is 5.69 Å². The fraction of sp³-hybridized carbons (Fsp3) is 0.250. The first-order chi connectivity index (χ1) is 10.3. The molecule has 1 aromatic heterocycles. The first-order valence-corrected chi connectivity index (χ1v) is 5.71. The van der Waals surface area contributed by atoms with Crippen molar-refractivity contribution in [2.75, 3.05) is 0 Å². The molecule has 11 heteroatoms. The zero-order valence-electron chi connectivity index (χ0n) is 10.7. The molecule has 0 atom stereocenters. The van der Waals surface area contributed by atoms with Gasteiger partial charge >= 0.3 is 18.5 Å². The van der Waals surface area contributed by atoms with E-state index in [1.165, 1.54) is 0 Å². The van der Waals surface area contributed by atoms with Crippen LogP contribution >= 0.6 is 0 Å². The Labute approximate surface area is 122 Å². The lowest BCUT2D eigenvalue weighted by molar-refractivity contribution is -0.143. The molecular weight excluding hydrogens is 343 g/mol. The summed E-state index contributed by atoms with van der Waals surface area (Å²) in [5.41, 5.74) is -5.95. The van der Waals surface area contributed by atoms with Crippen molar-refractivity contribution >= 4 is 0 Å². The van der Waals surface area contributed by atoms with Crippen molar-refractivity contribution in [1.29, 1.82) is 0 Å². The molecule has 2 aromatic rings. The van der Waals surface area contributed by atoms with Gasteiger partial charge in [-0.15, -0.1) is 0 Å². The molecular formula is C12H5F9N2. The lowest BCUT2D eigenvalue weighted by Gasteiger charge is -2.16. The Hall–Kier alpha value is -2.20. The summed E-state index contributed by atoms with van der Waals surface area (Å²) in [4.78, 5) is 0. The molecule has 0 saturated carbocycles. The fourth-order valence-corrected chi connectivity index (χ4v) is 1.78. The molecule has 126 valence electrons. The highest BCUT2D eigenvalue weighted by atomic mass is 19.4. The SMILES string of the molecule is FC(F)(F)c1cc(-n2nccc2C(F)(F)F)cc(C(F)(F)F)c1. The van der Waals surface area contributed by atoms with E-state index in [-0.39, 0.29) is 22.9 Å². The van der Waals surface area contributed by atoms with Gasteiger partial charge in [-0.05, 0) is 24.3 Å². The molecule has 2 nitrogen and oxygen atoms in total. The molecule has 0 N–H and O–H groups in total. The van der Waals surface area contributed by atoms with Crippen molar-refractivity contribution in [3.8, 4) is 5.69 Å². The number of halogens is 9. The number of aromatic nitrogens is 2. The molecule has 0 saturated heterocycles. The van der Waals surface area contributed by atoms with E-state index in [4.69, 9.17) is 0 Å². The van der Waals surface area contributed by atoms with Crippen LogP contribution in [0, 0.1) is 0 Å². The minimum Gasteiger partial charge on any atom is -0.229 e. The maximum absolute atomic E-state index is 12.7. The second-order valence-corrected chi connectivity index (χ2v) is 4.39. The van der Waals surface area contributed by atoms with Crippen LogP contribution in [0.3, 0.4) is 0 Å². The summed E-state index contributed by atoms with van der Waals surface area (Å²) in [5.74, 6) is 0. The standard InChI is InChI=1S/C12H5F9N2/c13-10(14,15)6-3-7(11(16,17)18)5-8(4-6)23-9(1-2-22-23)12(19,20)21/h1-5H. The number of benzene rings is 1. The molecule has 0 spiro atoms. The quantitative estimate of drug-likeness (QED) is 0.669. The van der Waals surface area contributed by atoms with Gasteiger partial charge in [-0.25, -0.2) is 4.68 Å². The van der Waals surface area contributed by atoms with Gasteiger partial charge in [-0.3, -0.25) is 0 Å². The predicted octanol–water partition coefficient (Wildman–Crippen LogP) is 4.93. The topological polar surface area (TPSA) is 17.8 Å². The molecule has 0 aliphatic heterocycles. The molecule has 0 amide bonds. The Morgan fingerprint density at radius 3 is 1.57 bits per heavy atom. The maximum Gasteiger partial charge on any atom is 0.433 e. The van der Waals surface area contributed by atoms with Gasteiger partial charge in [0, 0.05) is 0 Å². The predicted molar refractivity (Wildman–Crippen MR) is 58.6 cm³/mol. The van der Waals surface area contributed by atoms with Crippen molar-refractivity contribution < 1.29 is 39.5 Å². The van der Waals surface area contributed by atoms with Crippen LogP contribution in [0.1, 0.15) is 16.8 Å². The molecule has 1 heterocycles. The highest BCUT2D eigenvalue weighted by molar-refractivity contribution is 5.43. The molecule has 0 unspecified atom stereocenters. The normalized spacial score (nSPS) is 13.4. The first-order valence-electron chi connectivity index (χ1n) is 5.71. The first kappa shape index (κ1) is 17.2. The van der Waals surface area contributed by atoms with E-state index in [9.17, 15) is 39.5 Å². The summed E-state index contributed by atoms with van der Waals surface area (Å²) in [5, 5.41) is 3.16. The van der Waals surface area contributed by atoms with Crippen LogP contribution in [0.2, 0.25) is 0 Å². The van der Waals surface area contributed by atoms with E-state index < -0.39 is 41.0 Å². The van der Waals surface area contributed by atoms with Gasteiger partial charge in [0.15, 0.2) is 0 Å². The number of nitrogens with zero attached hydrogens (tertiary/aromatic N) is 2. The van der Waals surface area contributed by atoms with Gasteiger partial charge in [0.1, 0.15) is 5.69 Å². The molecule has 0 fully saturated rings. The zero-order chi connectivity index (χ0) is 17.6. The van der Waals surface area contributed by atoms with E-state index in [1.807, 2.05) is 0 Å². The third-order valence-corrected chi connectivity index (χ3v) is 2.75. The second kappa shape index (κ2) is 5.17. The molecule has 23 heavy (non-hydrogen) atoms. The third-order valence-electron chi connectivity index (χ3n) is 2.75. The van der Waals surface area contributed by atoms with Crippen molar-refractivity contribution in [2.24, 2.45) is 0 Å². The van der Waals surface area contributed by atoms with Crippen molar-refractivity contribution in [3.63, 3.8) is 0 Å². The minimum atomic E-state index is -5.17. The molecule has 0 radical (unpaired) electrons. The number of rotatable bonds is 1. The average Bonchev–Trinajstić information content (AvgIpc) is 2.85. The second-order valence-electron chi connectivity index (χ2n) is 4.39. The molecule has 0 bridgehead atoms. The Morgan fingerprint density at radius 1 is 0.696 bits per heavy atom. The number of hydrogen-bond acceptors (Lipinski definition) is 1. The summed E-state index contributed by atoms with van der Waals surface area (Å²) in [6.45, 7) is 0. The lowest BCUT2D eigenvalue weighted by atomic mass is 10.1. The number of alkyl halides is 9. The maximum atomic E-state index is 12.7. The monoisotopic (exact) mass is 348 g/mol. The zero-order valence-corrected chi connectivity index (χ0v) is 10.7. The van der Waals surface area contributed by atoms with E-state index in [0.717, 1.165) is 0 Å². The van der Waals surface area contributed by atoms with Gasteiger partial charge < -0.3 is 0 Å². The fourth-order valence-electron chi connectivity index (χ4n) is 1.78. The number of hydrogen-bond donors (Lipinski definition) is 0. The van der Waals surface area contributed by atoms with Gasteiger partial charge in [-0.2, -0.15) is 44.6 Å². The Bertz CT molecular complexity index is 674. The summed E-state index contributed by atoms with van der Waals surface area (Å²) in [6, 6.07) is 0.586. The van der Waals surface area contributed by atoms with E-state index in [1.54, 1.807) is 0 Å². The van der Waals surface area contributed by atoms with Crippen LogP contribution < -0.4 is 0 Å². The summed E-state index contributed by atoms with van der Waals surface area (Å²) >= 11 is 0. The smallest absolute Gasteiger partial charge is 0.229 e. The van der Waals surface area contributed by atoms with Crippen LogP contribution in [-0.2, 0) is 18.5 Å². The van der Waals surface area contributed by atoms with Gasteiger partial charge in [0.2, 0.25) is 0 Å². The van der Waals surface area contributed by atoms with Gasteiger partial charge in [0.25, 0.3) is 0 Å². The van der Waals surface area contributed by atoms with Crippen LogP contribution in [0.4, 0.5) is 39.5 Å². The van der Waals surface area contributed by atoms with Gasteiger partial charge in [0.05, 0.1) is 23.0 Å². The van der Waals surface area contributed by atoms with Crippen LogP contribution in [0.5, 0.6) is 0 Å². The average molecular weight is 348 g/mol. The van der Waals surface area contributed by atoms with Crippen LogP contribution in [-0.4, -0.2) is 9.78 Å². The Morgan fingerprint density at radius 2 is 1.17 bits per heavy atom. The third kappa shape index (κ3) is 3.59. The summed E-state index contributed by atoms with van der Waals surface area (Å²) in [6.07, 6.45) is -14.7. The molecule has 0 aliphatic carbocycles. The Kier molecular flexibility index (Phi) is 3.86. The van der Waals surface area contributed by atoms with E-state index in [2.05, 4.69) is 5.10 Å². The lowest BCUT2D eigenvalue weighted by Crippen LogP contribution is -2.16. The Balaban J connectivity index is 2.71. The largest absolute Gasteiger partial charge is 0.433 e. The van der Waals surface area contributed by atoms with E-state index in [0.29, 0.717) is 12.3 Å². The molecule has 1 aromatic carbocycles. The molecule has 0 aliphatic rings. The van der Waals surface area contributed by atoms with Crippen molar-refractivity contribution in [1.82, 2.24) is 9.78 Å². The molecule has 2 rings (SSSR count). The van der Waals surface area contributed by atoms with E-state index >= 15 is 0 Å². The summed E-state index contributed by atoms with van der Waals surface area (Å²) in [7, 11) is 0. The highest BCUT2D eigenvalue weighted by Crippen LogP contribution is 2.38. The van der Waals surface area contributed by atoms with Gasteiger partial charge in [-0.1, -0.05) is 0 Å². The highest BCUT2D eigenvalue weighted by Gasteiger charge is 2.39. The van der Waals surface area contributed by atoms with Crippen molar-refractivity contribution in [2.45, 2.75) is 18.5 Å². The van der Waals surface area contributed by atoms with Crippen molar-refractivity contribution in [3.05, 3.63) is 47.3 Å². The minimum absolute atomic E-state index is 0.0233. The van der Waals surface area contributed by atoms with Crippen LogP contribution in [0.15, 0.2) is 30.5 Å².